The Hall–Kier alpha value is -0.980. The molecule has 3 nitrogen and oxygen atoms in total. The van der Waals surface area contributed by atoms with Gasteiger partial charge in [-0.05, 0) is 56.0 Å². The number of nitrogens with one attached hydrogen (secondary N) is 1. The molecule has 0 amide bonds. The molecule has 6 heteroatoms. The quantitative estimate of drug-likeness (QED) is 0.797. The number of aryl methyl sites for hydroxylation is 1. The summed E-state index contributed by atoms with van der Waals surface area (Å²) in [6.45, 7) is 1.65. The summed E-state index contributed by atoms with van der Waals surface area (Å²) in [5, 5.41) is 3.31. The van der Waals surface area contributed by atoms with Crippen LogP contribution in [0.2, 0.25) is 0 Å². The fraction of sp³-hybridized carbons (Fsp3) is 0.312. The van der Waals surface area contributed by atoms with Crippen LogP contribution in [-0.4, -0.2) is 17.0 Å². The van der Waals surface area contributed by atoms with E-state index in [-0.39, 0.29) is 11.7 Å². The molecule has 2 aromatic rings. The first-order chi connectivity index (χ1) is 10.6. The van der Waals surface area contributed by atoms with Crippen molar-refractivity contribution in [3.63, 3.8) is 0 Å². The summed E-state index contributed by atoms with van der Waals surface area (Å²) in [6, 6.07) is 6.30. The van der Waals surface area contributed by atoms with Gasteiger partial charge in [0.2, 0.25) is 5.91 Å². The first kappa shape index (κ1) is 15.9. The Bertz CT molecular complexity index is 710. The summed E-state index contributed by atoms with van der Waals surface area (Å²) in [5.74, 6) is -0.200. The van der Waals surface area contributed by atoms with Crippen LogP contribution in [0.5, 0.6) is 0 Å². The number of hydrogen-bond donors (Lipinski definition) is 1. The van der Waals surface area contributed by atoms with Gasteiger partial charge in [0, 0.05) is 37.2 Å². The highest BCUT2D eigenvalue weighted by Crippen LogP contribution is 2.34. The van der Waals surface area contributed by atoms with E-state index in [1.54, 1.807) is 16.7 Å². The van der Waals surface area contributed by atoms with E-state index in [4.69, 9.17) is 0 Å². The smallest absolute Gasteiger partial charge is 0.232 e. The maximum atomic E-state index is 12.9. The number of aromatic nitrogens is 1. The minimum Gasteiger partial charge on any atom is -0.312 e. The van der Waals surface area contributed by atoms with Gasteiger partial charge >= 0.3 is 0 Å². The first-order valence-electron chi connectivity index (χ1n) is 7.13. The average Bonchev–Trinajstić information content (AvgIpc) is 2.79. The summed E-state index contributed by atoms with van der Waals surface area (Å²) >= 11 is 7.07. The normalized spacial score (nSPS) is 14.0. The fourth-order valence-electron chi connectivity index (χ4n) is 2.74. The van der Waals surface area contributed by atoms with Crippen molar-refractivity contribution in [3.8, 4) is 0 Å². The molecule has 116 valence electrons. The Morgan fingerprint density at radius 2 is 2.00 bits per heavy atom. The minimum atomic E-state index is -0.256. The van der Waals surface area contributed by atoms with Gasteiger partial charge in [0.25, 0.3) is 0 Å². The topological polar surface area (TPSA) is 34.0 Å². The van der Waals surface area contributed by atoms with Crippen molar-refractivity contribution in [3.05, 3.63) is 56.0 Å². The highest BCUT2D eigenvalue weighted by Gasteiger charge is 2.25. The number of fused-ring (bicyclic) bond motifs is 1. The zero-order chi connectivity index (χ0) is 15.7. The Morgan fingerprint density at radius 1 is 1.27 bits per heavy atom. The average molecular weight is 430 g/mol. The van der Waals surface area contributed by atoms with Crippen molar-refractivity contribution in [2.45, 2.75) is 25.8 Å². The number of rotatable bonds is 3. The lowest BCUT2D eigenvalue weighted by atomic mass is 10.1. The lowest BCUT2D eigenvalue weighted by Gasteiger charge is -2.16. The molecule has 0 spiro atoms. The van der Waals surface area contributed by atoms with E-state index < -0.39 is 0 Å². The van der Waals surface area contributed by atoms with Crippen LogP contribution in [0.1, 0.15) is 28.0 Å². The summed E-state index contributed by atoms with van der Waals surface area (Å²) in [6.07, 6.45) is 1.83. The molecule has 0 bridgehead atoms. The van der Waals surface area contributed by atoms with Crippen LogP contribution >= 0.6 is 31.9 Å². The van der Waals surface area contributed by atoms with E-state index in [2.05, 4.69) is 37.2 Å². The molecule has 1 aliphatic rings. The third-order valence-corrected chi connectivity index (χ3v) is 6.03. The molecule has 0 saturated heterocycles. The first-order valence-corrected chi connectivity index (χ1v) is 8.72. The van der Waals surface area contributed by atoms with E-state index >= 15 is 0 Å². The van der Waals surface area contributed by atoms with E-state index in [0.29, 0.717) is 12.8 Å². The van der Waals surface area contributed by atoms with Gasteiger partial charge < -0.3 is 5.32 Å². The van der Waals surface area contributed by atoms with Crippen LogP contribution < -0.4 is 5.32 Å². The standard InChI is InChI=1S/C16H15Br2FN2O/c17-15-12-9-20-8-7-13(12)21(16(15)18)14(22)6-3-10-1-4-11(19)5-2-10/h1-2,4-5,20H,3,6-9H2. The van der Waals surface area contributed by atoms with Gasteiger partial charge in [-0.15, -0.1) is 0 Å². The highest BCUT2D eigenvalue weighted by molar-refractivity contribution is 9.13. The molecular formula is C16H15Br2FN2O. The number of benzene rings is 1. The monoisotopic (exact) mass is 428 g/mol. The third kappa shape index (κ3) is 3.05. The molecule has 1 N–H and O–H groups in total. The Labute approximate surface area is 145 Å². The van der Waals surface area contributed by atoms with Crippen LogP contribution in [0.15, 0.2) is 33.3 Å². The zero-order valence-corrected chi connectivity index (χ0v) is 15.0. The molecule has 0 aliphatic carbocycles. The van der Waals surface area contributed by atoms with Gasteiger partial charge in [-0.2, -0.15) is 0 Å². The van der Waals surface area contributed by atoms with Crippen molar-refractivity contribution in [2.75, 3.05) is 6.54 Å². The van der Waals surface area contributed by atoms with Crippen molar-refractivity contribution >= 4 is 37.8 Å². The molecule has 0 unspecified atom stereocenters. The number of carbonyl (C=O) groups is 1. The molecule has 1 aromatic carbocycles. The SMILES string of the molecule is O=C(CCc1ccc(F)cc1)n1c(Br)c(Br)c2c1CCNC2. The van der Waals surface area contributed by atoms with Gasteiger partial charge in [0.05, 0.1) is 4.47 Å². The molecule has 3 rings (SSSR count). The number of nitrogens with zero attached hydrogens (tertiary/aromatic N) is 1. The molecule has 0 saturated carbocycles. The van der Waals surface area contributed by atoms with E-state index in [9.17, 15) is 9.18 Å². The van der Waals surface area contributed by atoms with E-state index in [1.807, 2.05) is 0 Å². The molecule has 0 radical (unpaired) electrons. The van der Waals surface area contributed by atoms with Gasteiger partial charge in [-0.1, -0.05) is 12.1 Å². The highest BCUT2D eigenvalue weighted by atomic mass is 79.9. The van der Waals surface area contributed by atoms with Crippen LogP contribution in [0.25, 0.3) is 0 Å². The molecule has 22 heavy (non-hydrogen) atoms. The molecule has 0 atom stereocenters. The lowest BCUT2D eigenvalue weighted by Crippen LogP contribution is -2.26. The Balaban J connectivity index is 1.79. The van der Waals surface area contributed by atoms with E-state index in [1.165, 1.54) is 12.1 Å². The van der Waals surface area contributed by atoms with Gasteiger partial charge in [-0.25, -0.2) is 4.39 Å². The maximum Gasteiger partial charge on any atom is 0.232 e. The van der Waals surface area contributed by atoms with Gasteiger partial charge in [-0.3, -0.25) is 9.36 Å². The summed E-state index contributed by atoms with van der Waals surface area (Å²) in [7, 11) is 0. The summed E-state index contributed by atoms with van der Waals surface area (Å²) in [4.78, 5) is 12.6. The molecule has 1 aliphatic heterocycles. The Kier molecular flexibility index (Phi) is 4.80. The largest absolute Gasteiger partial charge is 0.312 e. The second kappa shape index (κ2) is 6.64. The molecule has 1 aromatic heterocycles. The second-order valence-electron chi connectivity index (χ2n) is 5.31. The fourth-order valence-corrected chi connectivity index (χ4v) is 3.94. The summed E-state index contributed by atoms with van der Waals surface area (Å²) < 4.78 is 16.4. The predicted molar refractivity (Wildman–Crippen MR) is 90.6 cm³/mol. The van der Waals surface area contributed by atoms with Crippen molar-refractivity contribution < 1.29 is 9.18 Å². The Morgan fingerprint density at radius 3 is 2.73 bits per heavy atom. The van der Waals surface area contributed by atoms with E-state index in [0.717, 1.165) is 45.4 Å². The second-order valence-corrected chi connectivity index (χ2v) is 6.86. The van der Waals surface area contributed by atoms with Crippen LogP contribution in [-0.2, 0) is 19.4 Å². The number of carbonyl (C=O) groups excluding carboxylic acids is 1. The van der Waals surface area contributed by atoms with Crippen LogP contribution in [0.3, 0.4) is 0 Å². The molecule has 0 fully saturated rings. The van der Waals surface area contributed by atoms with Crippen LogP contribution in [0, 0.1) is 5.82 Å². The maximum absolute atomic E-state index is 12.9. The lowest BCUT2D eigenvalue weighted by molar-refractivity contribution is 0.0897. The summed E-state index contributed by atoms with van der Waals surface area (Å²) in [5.41, 5.74) is 3.18. The third-order valence-electron chi connectivity index (χ3n) is 3.89. The number of halogens is 3. The minimum absolute atomic E-state index is 0.0556. The zero-order valence-electron chi connectivity index (χ0n) is 11.8. The van der Waals surface area contributed by atoms with Gasteiger partial charge in [0.1, 0.15) is 10.4 Å². The van der Waals surface area contributed by atoms with Crippen molar-refractivity contribution in [2.24, 2.45) is 0 Å². The van der Waals surface area contributed by atoms with Crippen molar-refractivity contribution in [1.29, 1.82) is 0 Å². The molecular weight excluding hydrogens is 415 g/mol. The van der Waals surface area contributed by atoms with Gasteiger partial charge in [0.15, 0.2) is 0 Å². The molecule has 2 heterocycles. The number of hydrogen-bond acceptors (Lipinski definition) is 2. The van der Waals surface area contributed by atoms with Crippen LogP contribution in [0.4, 0.5) is 4.39 Å². The van der Waals surface area contributed by atoms with Crippen molar-refractivity contribution in [1.82, 2.24) is 9.88 Å². The predicted octanol–water partition coefficient (Wildman–Crippen LogP) is 4.07.